The van der Waals surface area contributed by atoms with E-state index < -0.39 is 11.6 Å². The third kappa shape index (κ3) is 2.31. The van der Waals surface area contributed by atoms with Crippen LogP contribution in [0.3, 0.4) is 0 Å². The van der Waals surface area contributed by atoms with E-state index in [0.29, 0.717) is 9.75 Å². The van der Waals surface area contributed by atoms with Crippen molar-refractivity contribution in [1.82, 2.24) is 0 Å². The minimum absolute atomic E-state index is 0.0225. The van der Waals surface area contributed by atoms with Crippen LogP contribution < -0.4 is 0 Å². The van der Waals surface area contributed by atoms with Crippen molar-refractivity contribution in [3.05, 3.63) is 21.9 Å². The first kappa shape index (κ1) is 10.7. The summed E-state index contributed by atoms with van der Waals surface area (Å²) in [6, 6.07) is 5.21. The van der Waals surface area contributed by atoms with Crippen LogP contribution in [-0.4, -0.2) is 21.8 Å². The molecule has 0 aromatic carbocycles. The number of nitrogens with zero attached hydrogens (tertiary/aromatic N) is 1. The van der Waals surface area contributed by atoms with Gasteiger partial charge in [0, 0.05) is 11.3 Å². The molecule has 1 aromatic heterocycles. The highest BCUT2D eigenvalue weighted by Crippen LogP contribution is 2.21. The second-order valence-corrected chi connectivity index (χ2v) is 4.30. The van der Waals surface area contributed by atoms with E-state index >= 15 is 0 Å². The summed E-state index contributed by atoms with van der Waals surface area (Å²) in [5.41, 5.74) is -1.77. The van der Waals surface area contributed by atoms with Gasteiger partial charge in [0.05, 0.1) is 0 Å². The largest absolute Gasteiger partial charge is 0.479 e. The van der Waals surface area contributed by atoms with Crippen molar-refractivity contribution in [3.63, 3.8) is 0 Å². The molecule has 0 amide bonds. The summed E-state index contributed by atoms with van der Waals surface area (Å²) in [7, 11) is 0. The zero-order chi connectivity index (χ0) is 10.8. The van der Waals surface area contributed by atoms with Crippen molar-refractivity contribution in [1.29, 1.82) is 5.26 Å². The Morgan fingerprint density at radius 3 is 2.79 bits per heavy atom. The van der Waals surface area contributed by atoms with E-state index in [9.17, 15) is 9.90 Å². The van der Waals surface area contributed by atoms with Crippen molar-refractivity contribution in [2.75, 3.05) is 0 Å². The summed E-state index contributed by atoms with van der Waals surface area (Å²) < 4.78 is 0. The van der Waals surface area contributed by atoms with Crippen LogP contribution in [0.4, 0.5) is 0 Å². The lowest BCUT2D eigenvalue weighted by Crippen LogP contribution is -2.36. The number of carbonyl (C=O) groups is 1. The van der Waals surface area contributed by atoms with E-state index in [-0.39, 0.29) is 6.42 Å². The van der Waals surface area contributed by atoms with Gasteiger partial charge in [0.25, 0.3) is 0 Å². The Morgan fingerprint density at radius 1 is 1.71 bits per heavy atom. The average Bonchev–Trinajstić information content (AvgIpc) is 2.51. The van der Waals surface area contributed by atoms with Crippen LogP contribution in [0.25, 0.3) is 0 Å². The maximum atomic E-state index is 10.6. The van der Waals surface area contributed by atoms with Gasteiger partial charge >= 0.3 is 5.97 Å². The fraction of sp³-hybridized carbons (Fsp3) is 0.333. The molecule has 0 spiro atoms. The third-order valence-corrected chi connectivity index (χ3v) is 2.74. The van der Waals surface area contributed by atoms with Gasteiger partial charge in [-0.2, -0.15) is 5.26 Å². The van der Waals surface area contributed by atoms with E-state index in [2.05, 4.69) is 0 Å². The molecule has 0 saturated carbocycles. The topological polar surface area (TPSA) is 81.3 Å². The molecule has 1 aromatic rings. The summed E-state index contributed by atoms with van der Waals surface area (Å²) in [6.07, 6.45) is 0.0225. The Labute approximate surface area is 85.0 Å². The second kappa shape index (κ2) is 3.78. The molecule has 1 heterocycles. The smallest absolute Gasteiger partial charge is 0.335 e. The fourth-order valence-corrected chi connectivity index (χ4v) is 1.90. The Hall–Kier alpha value is -1.38. The van der Waals surface area contributed by atoms with Crippen LogP contribution in [0.15, 0.2) is 12.1 Å². The molecule has 0 fully saturated rings. The normalized spacial score (nSPS) is 14.4. The van der Waals surface area contributed by atoms with E-state index in [4.69, 9.17) is 10.4 Å². The van der Waals surface area contributed by atoms with Gasteiger partial charge in [-0.1, -0.05) is 0 Å². The number of aliphatic hydroxyl groups is 1. The predicted octanol–water partition coefficient (Wildman–Crippen LogP) is 0.998. The Morgan fingerprint density at radius 2 is 2.36 bits per heavy atom. The van der Waals surface area contributed by atoms with Crippen LogP contribution in [0.2, 0.25) is 0 Å². The van der Waals surface area contributed by atoms with Gasteiger partial charge in [0.1, 0.15) is 10.9 Å². The van der Waals surface area contributed by atoms with Crippen molar-refractivity contribution in [2.24, 2.45) is 0 Å². The number of rotatable bonds is 3. The van der Waals surface area contributed by atoms with Crippen molar-refractivity contribution in [2.45, 2.75) is 18.9 Å². The van der Waals surface area contributed by atoms with Gasteiger partial charge in [-0.15, -0.1) is 11.3 Å². The van der Waals surface area contributed by atoms with Gasteiger partial charge in [-0.25, -0.2) is 4.79 Å². The molecule has 2 N–H and O–H groups in total. The number of carboxylic acids is 1. The average molecular weight is 211 g/mol. The van der Waals surface area contributed by atoms with Gasteiger partial charge < -0.3 is 10.2 Å². The number of nitriles is 1. The standard InChI is InChI=1S/C9H9NO3S/c1-9(13,8(11)12)4-6-2-3-7(5-10)14-6/h2-3,13H,4H2,1H3,(H,11,12). The summed E-state index contributed by atoms with van der Waals surface area (Å²) >= 11 is 1.19. The molecule has 0 aliphatic heterocycles. The van der Waals surface area contributed by atoms with Crippen LogP contribution in [-0.2, 0) is 11.2 Å². The van der Waals surface area contributed by atoms with Crippen molar-refractivity contribution < 1.29 is 15.0 Å². The number of hydrogen-bond acceptors (Lipinski definition) is 4. The summed E-state index contributed by atoms with van der Waals surface area (Å²) in [5.74, 6) is -1.26. The molecule has 0 radical (unpaired) electrons. The monoisotopic (exact) mass is 211 g/mol. The van der Waals surface area contributed by atoms with Gasteiger partial charge in [0.2, 0.25) is 0 Å². The van der Waals surface area contributed by atoms with E-state index in [1.54, 1.807) is 12.1 Å². The molecular weight excluding hydrogens is 202 g/mol. The van der Waals surface area contributed by atoms with Crippen LogP contribution in [0, 0.1) is 11.3 Å². The molecule has 74 valence electrons. The first-order valence-corrected chi connectivity index (χ1v) is 4.72. The molecule has 0 saturated heterocycles. The van der Waals surface area contributed by atoms with Crippen LogP contribution in [0.5, 0.6) is 0 Å². The fourth-order valence-electron chi connectivity index (χ4n) is 0.948. The highest BCUT2D eigenvalue weighted by molar-refractivity contribution is 7.12. The van der Waals surface area contributed by atoms with Crippen molar-refractivity contribution >= 4 is 17.3 Å². The van der Waals surface area contributed by atoms with Crippen molar-refractivity contribution in [3.8, 4) is 6.07 Å². The number of hydrogen-bond donors (Lipinski definition) is 2. The lowest BCUT2D eigenvalue weighted by Gasteiger charge is -2.15. The van der Waals surface area contributed by atoms with E-state index in [0.717, 1.165) is 0 Å². The molecule has 1 rings (SSSR count). The van der Waals surface area contributed by atoms with Crippen LogP contribution in [0.1, 0.15) is 16.7 Å². The number of aliphatic carboxylic acids is 1. The lowest BCUT2D eigenvalue weighted by molar-refractivity contribution is -0.156. The highest BCUT2D eigenvalue weighted by Gasteiger charge is 2.30. The van der Waals surface area contributed by atoms with Gasteiger partial charge in [-0.05, 0) is 19.1 Å². The van der Waals surface area contributed by atoms with E-state index in [1.807, 2.05) is 6.07 Å². The molecular formula is C9H9NO3S. The Balaban J connectivity index is 2.79. The molecule has 0 bridgehead atoms. The molecule has 1 unspecified atom stereocenters. The molecule has 5 heteroatoms. The molecule has 14 heavy (non-hydrogen) atoms. The molecule has 0 aliphatic carbocycles. The van der Waals surface area contributed by atoms with Gasteiger partial charge in [0.15, 0.2) is 5.60 Å². The quantitative estimate of drug-likeness (QED) is 0.781. The molecule has 4 nitrogen and oxygen atoms in total. The summed E-state index contributed by atoms with van der Waals surface area (Å²) in [5, 5.41) is 26.6. The zero-order valence-electron chi connectivity index (χ0n) is 7.52. The summed E-state index contributed by atoms with van der Waals surface area (Å²) in [6.45, 7) is 1.24. The molecule has 1 atom stereocenters. The SMILES string of the molecule is CC(O)(Cc1ccc(C#N)s1)C(=O)O. The predicted molar refractivity (Wildman–Crippen MR) is 51.0 cm³/mol. The summed E-state index contributed by atoms with van der Waals surface area (Å²) in [4.78, 5) is 11.8. The maximum absolute atomic E-state index is 10.6. The Bertz CT molecular complexity index is 389. The third-order valence-electron chi connectivity index (χ3n) is 1.75. The highest BCUT2D eigenvalue weighted by atomic mass is 32.1. The Kier molecular flexibility index (Phi) is 2.89. The minimum Gasteiger partial charge on any atom is -0.479 e. The van der Waals surface area contributed by atoms with E-state index in [1.165, 1.54) is 18.3 Å². The first-order valence-electron chi connectivity index (χ1n) is 3.90. The zero-order valence-corrected chi connectivity index (χ0v) is 8.34. The van der Waals surface area contributed by atoms with Crippen LogP contribution >= 0.6 is 11.3 Å². The lowest BCUT2D eigenvalue weighted by atomic mass is 10.0. The maximum Gasteiger partial charge on any atom is 0.335 e. The molecule has 0 aliphatic rings. The van der Waals surface area contributed by atoms with Gasteiger partial charge in [-0.3, -0.25) is 0 Å². The number of thiophene rings is 1. The second-order valence-electron chi connectivity index (χ2n) is 3.13. The minimum atomic E-state index is -1.77. The first-order chi connectivity index (χ1) is 6.45. The number of carboxylic acid groups (broad SMARTS) is 1.